The molecule has 1 aliphatic rings. The van der Waals surface area contributed by atoms with Crippen LogP contribution in [-0.4, -0.2) is 25.8 Å². The molecule has 0 aromatic carbocycles. The van der Waals surface area contributed by atoms with Crippen molar-refractivity contribution in [2.75, 3.05) is 13.1 Å². The van der Waals surface area contributed by atoms with E-state index in [-0.39, 0.29) is 10.1 Å². The molecule has 2 heterocycles. The highest BCUT2D eigenvalue weighted by molar-refractivity contribution is 7.91. The van der Waals surface area contributed by atoms with E-state index in [4.69, 9.17) is 10.5 Å². The number of piperidine rings is 1. The van der Waals surface area contributed by atoms with Gasteiger partial charge in [0.1, 0.15) is 15.2 Å². The van der Waals surface area contributed by atoms with Crippen LogP contribution in [0.1, 0.15) is 17.7 Å². The summed E-state index contributed by atoms with van der Waals surface area (Å²) >= 11 is 0.984. The molecule has 1 aromatic heterocycles. The summed E-state index contributed by atoms with van der Waals surface area (Å²) in [6.45, 7) is 0.751. The van der Waals surface area contributed by atoms with Gasteiger partial charge in [0, 0.05) is 19.0 Å². The number of nitriles is 2. The summed E-state index contributed by atoms with van der Waals surface area (Å²) in [5.41, 5.74) is 0. The van der Waals surface area contributed by atoms with E-state index in [1.807, 2.05) is 6.07 Å². The van der Waals surface area contributed by atoms with Gasteiger partial charge in [0.25, 0.3) is 10.0 Å². The highest BCUT2D eigenvalue weighted by atomic mass is 32.2. The molecule has 5 nitrogen and oxygen atoms in total. The van der Waals surface area contributed by atoms with Crippen molar-refractivity contribution in [1.82, 2.24) is 4.31 Å². The third-order valence-corrected chi connectivity index (χ3v) is 6.28. The summed E-state index contributed by atoms with van der Waals surface area (Å²) in [4.78, 5) is 0.389. The molecule has 1 saturated heterocycles. The Morgan fingerprint density at radius 1 is 1.28 bits per heavy atom. The lowest BCUT2D eigenvalue weighted by atomic mass is 10.0. The molecule has 2 rings (SSSR count). The fraction of sp³-hybridized carbons (Fsp3) is 0.455. The molecule has 0 N–H and O–H groups in total. The van der Waals surface area contributed by atoms with E-state index in [9.17, 15) is 8.42 Å². The number of rotatable bonds is 2. The normalized spacial score (nSPS) is 18.1. The second kappa shape index (κ2) is 5.07. The predicted octanol–water partition coefficient (Wildman–Crippen LogP) is 1.54. The first-order chi connectivity index (χ1) is 8.57. The van der Waals surface area contributed by atoms with Crippen LogP contribution >= 0.6 is 11.3 Å². The first-order valence-electron chi connectivity index (χ1n) is 5.47. The SMILES string of the molecule is N#Cc1ccc(S(=O)(=O)N2CCC(C#N)CC2)s1. The minimum absolute atomic E-state index is 0.0468. The van der Waals surface area contributed by atoms with Crippen LogP contribution in [0.5, 0.6) is 0 Å². The molecular weight excluding hydrogens is 270 g/mol. The van der Waals surface area contributed by atoms with Gasteiger partial charge in [-0.3, -0.25) is 0 Å². The van der Waals surface area contributed by atoms with Gasteiger partial charge in [0.2, 0.25) is 0 Å². The van der Waals surface area contributed by atoms with Gasteiger partial charge >= 0.3 is 0 Å². The lowest BCUT2D eigenvalue weighted by Gasteiger charge is -2.27. The van der Waals surface area contributed by atoms with E-state index in [1.54, 1.807) is 0 Å². The maximum atomic E-state index is 12.3. The molecular formula is C11H11N3O2S2. The maximum absolute atomic E-state index is 12.3. The van der Waals surface area contributed by atoms with Crippen LogP contribution in [0.4, 0.5) is 0 Å². The van der Waals surface area contributed by atoms with Gasteiger partial charge in [-0.1, -0.05) is 0 Å². The monoisotopic (exact) mass is 281 g/mol. The molecule has 0 atom stereocenters. The van der Waals surface area contributed by atoms with E-state index in [2.05, 4.69) is 6.07 Å². The van der Waals surface area contributed by atoms with E-state index in [0.29, 0.717) is 30.8 Å². The van der Waals surface area contributed by atoms with Crippen LogP contribution in [0.15, 0.2) is 16.3 Å². The number of sulfonamides is 1. The zero-order chi connectivity index (χ0) is 13.2. The Bertz CT molecular complexity index is 613. The third kappa shape index (κ3) is 2.39. The fourth-order valence-electron chi connectivity index (χ4n) is 1.87. The molecule has 1 aliphatic heterocycles. The Morgan fingerprint density at radius 3 is 2.44 bits per heavy atom. The van der Waals surface area contributed by atoms with Gasteiger partial charge in [-0.25, -0.2) is 8.42 Å². The summed E-state index contributed by atoms with van der Waals surface area (Å²) in [6, 6.07) is 7.08. The van der Waals surface area contributed by atoms with Crippen molar-refractivity contribution < 1.29 is 8.42 Å². The van der Waals surface area contributed by atoms with E-state index < -0.39 is 10.0 Å². The molecule has 1 fully saturated rings. The third-order valence-electron chi connectivity index (χ3n) is 2.92. The highest BCUT2D eigenvalue weighted by Crippen LogP contribution is 2.27. The van der Waals surface area contributed by atoms with Crippen LogP contribution in [0.25, 0.3) is 0 Å². The first-order valence-corrected chi connectivity index (χ1v) is 7.73. The molecule has 0 bridgehead atoms. The predicted molar refractivity (Wildman–Crippen MR) is 66.1 cm³/mol. The second-order valence-electron chi connectivity index (χ2n) is 4.04. The van der Waals surface area contributed by atoms with Crippen LogP contribution in [0.2, 0.25) is 0 Å². The minimum Gasteiger partial charge on any atom is -0.206 e. The molecule has 1 aromatic rings. The van der Waals surface area contributed by atoms with Gasteiger partial charge in [0.05, 0.1) is 6.07 Å². The molecule has 0 radical (unpaired) electrons. The Labute approximate surface area is 110 Å². The fourth-order valence-corrected chi connectivity index (χ4v) is 4.60. The van der Waals surface area contributed by atoms with E-state index in [1.165, 1.54) is 16.4 Å². The summed E-state index contributed by atoms with van der Waals surface area (Å²) in [6.07, 6.45) is 1.15. The molecule has 0 aliphatic carbocycles. The molecule has 0 spiro atoms. The van der Waals surface area contributed by atoms with Crippen LogP contribution < -0.4 is 0 Å². The van der Waals surface area contributed by atoms with Crippen molar-refractivity contribution in [3.63, 3.8) is 0 Å². The summed E-state index contributed by atoms with van der Waals surface area (Å²) < 4.78 is 26.1. The van der Waals surface area contributed by atoms with Crippen molar-refractivity contribution in [1.29, 1.82) is 10.5 Å². The summed E-state index contributed by atoms with van der Waals surface area (Å²) in [7, 11) is -3.49. The van der Waals surface area contributed by atoms with Crippen molar-refractivity contribution in [3.05, 3.63) is 17.0 Å². The second-order valence-corrected chi connectivity index (χ2v) is 7.29. The zero-order valence-electron chi connectivity index (χ0n) is 9.54. The Hall–Kier alpha value is -1.41. The van der Waals surface area contributed by atoms with Crippen molar-refractivity contribution in [2.45, 2.75) is 17.1 Å². The standard InChI is InChI=1S/C11H11N3O2S2/c12-7-9-3-5-14(6-4-9)18(15,16)11-2-1-10(8-13)17-11/h1-2,9H,3-6H2. The molecule has 0 saturated carbocycles. The van der Waals surface area contributed by atoms with Gasteiger partial charge in [-0.2, -0.15) is 14.8 Å². The lowest BCUT2D eigenvalue weighted by Crippen LogP contribution is -2.37. The number of hydrogen-bond donors (Lipinski definition) is 0. The van der Waals surface area contributed by atoms with Gasteiger partial charge < -0.3 is 0 Å². The Kier molecular flexibility index (Phi) is 3.67. The van der Waals surface area contributed by atoms with Gasteiger partial charge in [0.15, 0.2) is 0 Å². The number of thiophene rings is 1. The molecule has 0 unspecified atom stereocenters. The number of hydrogen-bond acceptors (Lipinski definition) is 5. The first kappa shape index (κ1) is 13.0. The summed E-state index contributed by atoms with van der Waals surface area (Å²) in [5.74, 6) is -0.0468. The number of nitrogens with zero attached hydrogens (tertiary/aromatic N) is 3. The molecule has 7 heteroatoms. The van der Waals surface area contributed by atoms with E-state index >= 15 is 0 Å². The molecule has 94 valence electrons. The Balaban J connectivity index is 2.18. The van der Waals surface area contributed by atoms with Crippen LogP contribution in [-0.2, 0) is 10.0 Å². The minimum atomic E-state index is -3.49. The smallest absolute Gasteiger partial charge is 0.206 e. The van der Waals surface area contributed by atoms with Gasteiger partial charge in [-0.15, -0.1) is 11.3 Å². The van der Waals surface area contributed by atoms with Crippen molar-refractivity contribution in [2.24, 2.45) is 5.92 Å². The zero-order valence-corrected chi connectivity index (χ0v) is 11.2. The quantitative estimate of drug-likeness (QED) is 0.823. The van der Waals surface area contributed by atoms with Crippen LogP contribution in [0.3, 0.4) is 0 Å². The average molecular weight is 281 g/mol. The largest absolute Gasteiger partial charge is 0.252 e. The van der Waals surface area contributed by atoms with Crippen molar-refractivity contribution in [3.8, 4) is 12.1 Å². The topological polar surface area (TPSA) is 85.0 Å². The lowest BCUT2D eigenvalue weighted by molar-refractivity contribution is 0.310. The summed E-state index contributed by atoms with van der Waals surface area (Å²) in [5, 5.41) is 17.5. The molecule has 0 amide bonds. The highest BCUT2D eigenvalue weighted by Gasteiger charge is 2.30. The maximum Gasteiger partial charge on any atom is 0.252 e. The van der Waals surface area contributed by atoms with Crippen molar-refractivity contribution >= 4 is 21.4 Å². The average Bonchev–Trinajstić information content (AvgIpc) is 2.88. The Morgan fingerprint density at radius 2 is 1.94 bits per heavy atom. The van der Waals surface area contributed by atoms with Crippen LogP contribution in [0, 0.1) is 28.6 Å². The molecule has 18 heavy (non-hydrogen) atoms. The van der Waals surface area contributed by atoms with Gasteiger partial charge in [-0.05, 0) is 25.0 Å². The van der Waals surface area contributed by atoms with E-state index in [0.717, 1.165) is 11.3 Å².